The molecule has 3 rings (SSSR count). The smallest absolute Gasteiger partial charge is 0.121 e. The first kappa shape index (κ1) is 9.22. The van der Waals surface area contributed by atoms with Crippen LogP contribution >= 0.6 is 0 Å². The van der Waals surface area contributed by atoms with Gasteiger partial charge in [0.05, 0.1) is 5.60 Å². The Morgan fingerprint density at radius 1 is 1.00 bits per heavy atom. The van der Waals surface area contributed by atoms with Crippen LogP contribution in [0.1, 0.15) is 42.4 Å². The van der Waals surface area contributed by atoms with Crippen molar-refractivity contribution in [3.8, 4) is 5.75 Å². The van der Waals surface area contributed by atoms with Crippen molar-refractivity contribution in [1.29, 1.82) is 0 Å². The van der Waals surface area contributed by atoms with Crippen molar-refractivity contribution < 1.29 is 10.2 Å². The fourth-order valence-corrected chi connectivity index (χ4v) is 2.53. The molecule has 0 atom stereocenters. The van der Waals surface area contributed by atoms with Gasteiger partial charge in [0.1, 0.15) is 5.75 Å². The molecule has 1 saturated carbocycles. The molecule has 15 heavy (non-hydrogen) atoms. The Hall–Kier alpha value is -1.02. The molecule has 1 aromatic rings. The normalized spacial score (nSPS) is 22.2. The van der Waals surface area contributed by atoms with Crippen LogP contribution in [0.3, 0.4) is 0 Å². The summed E-state index contributed by atoms with van der Waals surface area (Å²) in [6.07, 6.45) is 6.20. The van der Waals surface area contributed by atoms with Crippen LogP contribution < -0.4 is 0 Å². The van der Waals surface area contributed by atoms with Crippen LogP contribution in [-0.2, 0) is 18.4 Å². The van der Waals surface area contributed by atoms with E-state index in [0.717, 1.165) is 31.2 Å². The number of rotatable bonds is 1. The fourth-order valence-electron chi connectivity index (χ4n) is 2.53. The number of hydrogen-bond donors (Lipinski definition) is 2. The standard InChI is InChI=1S/C13H16O2/c14-12-8-10-4-2-1-3-9(10)7-11(12)13(15)5-6-13/h7-8,14-15H,1-6H2. The van der Waals surface area contributed by atoms with Gasteiger partial charge in [0.25, 0.3) is 0 Å². The van der Waals surface area contributed by atoms with Crippen LogP contribution in [0.5, 0.6) is 5.75 Å². The number of phenols is 1. The fraction of sp³-hybridized carbons (Fsp3) is 0.538. The Kier molecular flexibility index (Phi) is 1.84. The van der Waals surface area contributed by atoms with E-state index in [1.165, 1.54) is 24.0 Å². The van der Waals surface area contributed by atoms with E-state index in [-0.39, 0.29) is 5.75 Å². The van der Waals surface area contributed by atoms with Gasteiger partial charge in [0.15, 0.2) is 0 Å². The summed E-state index contributed by atoms with van der Waals surface area (Å²) >= 11 is 0. The molecule has 0 heterocycles. The second-order valence-corrected chi connectivity index (χ2v) is 4.88. The number of fused-ring (bicyclic) bond motifs is 1. The van der Waals surface area contributed by atoms with Gasteiger partial charge in [-0.1, -0.05) is 0 Å². The third-order valence-corrected chi connectivity index (χ3v) is 3.69. The largest absolute Gasteiger partial charge is 0.508 e. The first-order chi connectivity index (χ1) is 7.19. The molecule has 0 spiro atoms. The zero-order valence-electron chi connectivity index (χ0n) is 8.79. The van der Waals surface area contributed by atoms with Crippen LogP contribution in [0.2, 0.25) is 0 Å². The number of phenolic OH excluding ortho intramolecular Hbond substituents is 1. The Morgan fingerprint density at radius 2 is 1.60 bits per heavy atom. The molecule has 1 fully saturated rings. The van der Waals surface area contributed by atoms with Crippen LogP contribution in [0.4, 0.5) is 0 Å². The van der Waals surface area contributed by atoms with Gasteiger partial charge in [0.2, 0.25) is 0 Å². The van der Waals surface area contributed by atoms with E-state index in [2.05, 4.69) is 0 Å². The van der Waals surface area contributed by atoms with Crippen molar-refractivity contribution in [2.45, 2.75) is 44.1 Å². The lowest BCUT2D eigenvalue weighted by Gasteiger charge is -2.19. The Morgan fingerprint density at radius 3 is 2.20 bits per heavy atom. The van der Waals surface area contributed by atoms with Gasteiger partial charge in [-0.25, -0.2) is 0 Å². The van der Waals surface area contributed by atoms with Gasteiger partial charge in [-0.3, -0.25) is 0 Å². The van der Waals surface area contributed by atoms with E-state index >= 15 is 0 Å². The molecule has 0 aromatic heterocycles. The van der Waals surface area contributed by atoms with E-state index in [9.17, 15) is 10.2 Å². The summed E-state index contributed by atoms with van der Waals surface area (Å²) < 4.78 is 0. The highest BCUT2D eigenvalue weighted by molar-refractivity contribution is 5.47. The summed E-state index contributed by atoms with van der Waals surface area (Å²) in [5, 5.41) is 19.9. The van der Waals surface area contributed by atoms with Gasteiger partial charge in [-0.05, 0) is 61.8 Å². The molecule has 0 bridgehead atoms. The second kappa shape index (κ2) is 2.99. The summed E-state index contributed by atoms with van der Waals surface area (Å²) in [4.78, 5) is 0. The SMILES string of the molecule is Oc1cc2c(cc1C1(O)CC1)CCCC2. The van der Waals surface area contributed by atoms with Crippen molar-refractivity contribution in [2.24, 2.45) is 0 Å². The van der Waals surface area contributed by atoms with Gasteiger partial charge >= 0.3 is 0 Å². The minimum absolute atomic E-state index is 0.288. The van der Waals surface area contributed by atoms with E-state index in [1.807, 2.05) is 12.1 Å². The van der Waals surface area contributed by atoms with Gasteiger partial charge in [-0.2, -0.15) is 0 Å². The highest BCUT2D eigenvalue weighted by atomic mass is 16.3. The molecule has 1 aromatic carbocycles. The minimum atomic E-state index is -0.712. The van der Waals surface area contributed by atoms with Crippen LogP contribution in [0.25, 0.3) is 0 Å². The summed E-state index contributed by atoms with van der Waals surface area (Å²) in [5.74, 6) is 0.288. The topological polar surface area (TPSA) is 40.5 Å². The number of aryl methyl sites for hydroxylation is 2. The highest BCUT2D eigenvalue weighted by Gasteiger charge is 2.44. The van der Waals surface area contributed by atoms with Crippen molar-refractivity contribution in [2.75, 3.05) is 0 Å². The number of aliphatic hydroxyl groups is 1. The third kappa shape index (κ3) is 1.44. The Bertz CT molecular complexity index is 405. The average Bonchev–Trinajstić information content (AvgIpc) is 2.96. The zero-order valence-corrected chi connectivity index (χ0v) is 8.79. The van der Waals surface area contributed by atoms with Crippen molar-refractivity contribution in [1.82, 2.24) is 0 Å². The lowest BCUT2D eigenvalue weighted by Crippen LogP contribution is -2.09. The van der Waals surface area contributed by atoms with Crippen LogP contribution in [-0.4, -0.2) is 10.2 Å². The highest BCUT2D eigenvalue weighted by Crippen LogP contribution is 2.49. The van der Waals surface area contributed by atoms with E-state index in [1.54, 1.807) is 0 Å². The molecule has 0 saturated heterocycles. The Balaban J connectivity index is 2.08. The molecule has 2 aliphatic carbocycles. The van der Waals surface area contributed by atoms with Crippen molar-refractivity contribution in [3.63, 3.8) is 0 Å². The number of aromatic hydroxyl groups is 1. The lowest BCUT2D eigenvalue weighted by atomic mass is 9.88. The minimum Gasteiger partial charge on any atom is -0.508 e. The number of hydrogen-bond acceptors (Lipinski definition) is 2. The Labute approximate surface area is 89.6 Å². The molecule has 0 radical (unpaired) electrons. The van der Waals surface area contributed by atoms with Crippen LogP contribution in [0.15, 0.2) is 12.1 Å². The molecule has 2 aliphatic rings. The maximum atomic E-state index is 10.0. The third-order valence-electron chi connectivity index (χ3n) is 3.69. The first-order valence-corrected chi connectivity index (χ1v) is 5.77. The van der Waals surface area contributed by atoms with Crippen molar-refractivity contribution in [3.05, 3.63) is 28.8 Å². The van der Waals surface area contributed by atoms with E-state index in [4.69, 9.17) is 0 Å². The molecule has 0 unspecified atom stereocenters. The van der Waals surface area contributed by atoms with E-state index in [0.29, 0.717) is 0 Å². The summed E-state index contributed by atoms with van der Waals surface area (Å²) in [5.41, 5.74) is 2.64. The molecule has 2 N–H and O–H groups in total. The summed E-state index contributed by atoms with van der Waals surface area (Å²) in [7, 11) is 0. The second-order valence-electron chi connectivity index (χ2n) is 4.88. The van der Waals surface area contributed by atoms with Crippen molar-refractivity contribution >= 4 is 0 Å². The van der Waals surface area contributed by atoms with Gasteiger partial charge in [-0.15, -0.1) is 0 Å². The molecule has 2 nitrogen and oxygen atoms in total. The molecular weight excluding hydrogens is 188 g/mol. The van der Waals surface area contributed by atoms with Gasteiger partial charge in [0, 0.05) is 5.56 Å². The molecule has 2 heteroatoms. The maximum Gasteiger partial charge on any atom is 0.121 e. The van der Waals surface area contributed by atoms with Crippen LogP contribution in [0, 0.1) is 0 Å². The molecule has 0 amide bonds. The lowest BCUT2D eigenvalue weighted by molar-refractivity contribution is 0.147. The molecular formula is C13H16O2. The quantitative estimate of drug-likeness (QED) is 0.736. The summed E-state index contributed by atoms with van der Waals surface area (Å²) in [6, 6.07) is 3.89. The number of benzene rings is 1. The first-order valence-electron chi connectivity index (χ1n) is 5.77. The average molecular weight is 204 g/mol. The monoisotopic (exact) mass is 204 g/mol. The predicted molar refractivity (Wildman–Crippen MR) is 57.9 cm³/mol. The molecule has 80 valence electrons. The summed E-state index contributed by atoms with van der Waals surface area (Å²) in [6.45, 7) is 0. The maximum absolute atomic E-state index is 10.0. The van der Waals surface area contributed by atoms with E-state index < -0.39 is 5.60 Å². The predicted octanol–water partition coefficient (Wildman–Crippen LogP) is 2.25. The molecule has 0 aliphatic heterocycles. The zero-order chi connectivity index (χ0) is 10.5. The van der Waals surface area contributed by atoms with Gasteiger partial charge < -0.3 is 10.2 Å².